The van der Waals surface area contributed by atoms with Gasteiger partial charge in [0.15, 0.2) is 23.1 Å². The van der Waals surface area contributed by atoms with Crippen LogP contribution in [0.3, 0.4) is 0 Å². The normalized spacial score (nSPS) is 15.8. The number of ether oxygens (including phenoxy) is 4. The van der Waals surface area contributed by atoms with Gasteiger partial charge in [0.2, 0.25) is 5.88 Å². The maximum atomic E-state index is 13.3. The molecule has 2 aromatic heterocycles. The summed E-state index contributed by atoms with van der Waals surface area (Å²) >= 11 is 0. The van der Waals surface area contributed by atoms with Crippen LogP contribution in [0.1, 0.15) is 36.1 Å². The van der Waals surface area contributed by atoms with Crippen LogP contribution in [-0.2, 0) is 27.2 Å². The van der Waals surface area contributed by atoms with Crippen molar-refractivity contribution in [2.45, 2.75) is 39.0 Å². The minimum Gasteiger partial charge on any atom is -0.493 e. The Bertz CT molecular complexity index is 1720. The molecule has 0 atom stereocenters. The van der Waals surface area contributed by atoms with Crippen LogP contribution in [0.25, 0.3) is 10.9 Å². The fraction of sp³-hybridized carbons (Fsp3) is 0.389. The minimum absolute atomic E-state index is 0.107. The molecule has 0 spiro atoms. The van der Waals surface area contributed by atoms with E-state index in [2.05, 4.69) is 14.9 Å². The highest BCUT2D eigenvalue weighted by molar-refractivity contribution is 6.11. The third-order valence-electron chi connectivity index (χ3n) is 8.80. The van der Waals surface area contributed by atoms with Crippen LogP contribution >= 0.6 is 0 Å². The van der Waals surface area contributed by atoms with Crippen LogP contribution in [0.4, 0.5) is 4.39 Å². The SMILES string of the molecule is COc1cc2c(Oc3ccc(CC(=O)C4(C(=O)Cc5ccc(F)cc5)CC4)c(C)n3)ccnc2cc1OCCCN1CCOCC1. The van der Waals surface area contributed by atoms with Crippen molar-refractivity contribution in [2.75, 3.05) is 46.6 Å². The fourth-order valence-corrected chi connectivity index (χ4v) is 5.85. The lowest BCUT2D eigenvalue weighted by Crippen LogP contribution is -2.37. The van der Waals surface area contributed by atoms with Gasteiger partial charge in [0.25, 0.3) is 0 Å². The average molecular weight is 628 g/mol. The molecule has 0 amide bonds. The number of carbonyl (C=O) groups is 2. The smallest absolute Gasteiger partial charge is 0.219 e. The number of benzene rings is 2. The number of halogens is 1. The van der Waals surface area contributed by atoms with E-state index < -0.39 is 5.41 Å². The van der Waals surface area contributed by atoms with Gasteiger partial charge in [-0.25, -0.2) is 9.37 Å². The fourth-order valence-electron chi connectivity index (χ4n) is 5.85. The van der Waals surface area contributed by atoms with E-state index >= 15 is 0 Å². The number of fused-ring (bicyclic) bond motifs is 1. The molecule has 1 saturated heterocycles. The molecular formula is C36H38FN3O6. The number of pyridine rings is 2. The predicted molar refractivity (Wildman–Crippen MR) is 170 cm³/mol. The maximum absolute atomic E-state index is 13.3. The first-order chi connectivity index (χ1) is 22.3. The molecule has 0 bridgehead atoms. The van der Waals surface area contributed by atoms with Gasteiger partial charge in [-0.05, 0) is 61.6 Å². The number of ketones is 2. The lowest BCUT2D eigenvalue weighted by Gasteiger charge is -2.26. The third kappa shape index (κ3) is 7.18. The largest absolute Gasteiger partial charge is 0.493 e. The molecule has 2 aromatic carbocycles. The molecule has 2 fully saturated rings. The first kappa shape index (κ1) is 31.6. The summed E-state index contributed by atoms with van der Waals surface area (Å²) in [7, 11) is 1.60. The second kappa shape index (κ2) is 13.9. The van der Waals surface area contributed by atoms with Gasteiger partial charge in [0.05, 0.1) is 37.9 Å². The monoisotopic (exact) mass is 627 g/mol. The van der Waals surface area contributed by atoms with Crippen molar-refractivity contribution in [3.8, 4) is 23.1 Å². The number of hydrogen-bond acceptors (Lipinski definition) is 9. The van der Waals surface area contributed by atoms with Gasteiger partial charge in [-0.2, -0.15) is 0 Å². The Morgan fingerprint density at radius 3 is 2.43 bits per heavy atom. The van der Waals surface area contributed by atoms with E-state index in [0.717, 1.165) is 50.2 Å². The molecule has 6 rings (SSSR count). The lowest BCUT2D eigenvalue weighted by atomic mass is 9.87. The Hall–Kier alpha value is -4.41. The summed E-state index contributed by atoms with van der Waals surface area (Å²) in [5.41, 5.74) is 1.83. The van der Waals surface area contributed by atoms with Crippen LogP contribution in [0, 0.1) is 18.2 Å². The Labute approximate surface area is 267 Å². The van der Waals surface area contributed by atoms with Gasteiger partial charge in [-0.1, -0.05) is 18.2 Å². The number of carbonyl (C=O) groups excluding carboxylic acids is 2. The van der Waals surface area contributed by atoms with Crippen molar-refractivity contribution >= 4 is 22.5 Å². The van der Waals surface area contributed by atoms with Crippen LogP contribution in [0.5, 0.6) is 23.1 Å². The number of nitrogens with zero attached hydrogens (tertiary/aromatic N) is 3. The molecule has 1 aliphatic heterocycles. The second-order valence-corrected chi connectivity index (χ2v) is 11.9. The van der Waals surface area contributed by atoms with E-state index in [4.69, 9.17) is 18.9 Å². The number of aryl methyl sites for hydroxylation is 1. The molecular weight excluding hydrogens is 589 g/mol. The summed E-state index contributed by atoms with van der Waals surface area (Å²) in [5, 5.41) is 0.745. The highest BCUT2D eigenvalue weighted by atomic mass is 19.1. The van der Waals surface area contributed by atoms with Gasteiger partial charge in [0, 0.05) is 61.9 Å². The molecule has 9 nitrogen and oxygen atoms in total. The molecule has 3 heterocycles. The zero-order chi connectivity index (χ0) is 32.1. The zero-order valence-corrected chi connectivity index (χ0v) is 26.2. The number of rotatable bonds is 14. The maximum Gasteiger partial charge on any atom is 0.219 e. The van der Waals surface area contributed by atoms with E-state index in [9.17, 15) is 14.0 Å². The van der Waals surface area contributed by atoms with Gasteiger partial charge >= 0.3 is 0 Å². The molecule has 0 N–H and O–H groups in total. The van der Waals surface area contributed by atoms with Crippen molar-refractivity contribution in [3.63, 3.8) is 0 Å². The summed E-state index contributed by atoms with van der Waals surface area (Å²) < 4.78 is 36.6. The standard InChI is InChI=1S/C36H38FN3O6/c1-24-26(21-34(42)36(11-12-36)33(41)20-25-4-7-27(37)8-5-25)6-9-35(39-24)46-30-10-13-38-29-23-32(31(43-2)22-28(29)30)45-17-3-14-40-15-18-44-19-16-40/h4-10,13,22-23H,3,11-12,14-21H2,1-2H3. The first-order valence-corrected chi connectivity index (χ1v) is 15.7. The first-order valence-electron chi connectivity index (χ1n) is 15.7. The third-order valence-corrected chi connectivity index (χ3v) is 8.80. The predicted octanol–water partition coefficient (Wildman–Crippen LogP) is 5.68. The number of aromatic nitrogens is 2. The topological polar surface area (TPSA) is 100 Å². The molecule has 0 radical (unpaired) electrons. The summed E-state index contributed by atoms with van der Waals surface area (Å²) in [4.78, 5) is 37.9. The molecule has 1 aliphatic carbocycles. The van der Waals surface area contributed by atoms with Crippen molar-refractivity contribution < 1.29 is 32.9 Å². The Balaban J connectivity index is 1.10. The van der Waals surface area contributed by atoms with Crippen molar-refractivity contribution in [1.29, 1.82) is 0 Å². The van der Waals surface area contributed by atoms with Crippen molar-refractivity contribution in [2.24, 2.45) is 5.41 Å². The average Bonchev–Trinajstić information content (AvgIpc) is 3.88. The van der Waals surface area contributed by atoms with E-state index in [1.807, 2.05) is 25.1 Å². The molecule has 46 heavy (non-hydrogen) atoms. The van der Waals surface area contributed by atoms with E-state index in [-0.39, 0.29) is 30.2 Å². The molecule has 240 valence electrons. The number of morpholine rings is 1. The summed E-state index contributed by atoms with van der Waals surface area (Å²) in [5.74, 6) is 1.55. The Morgan fingerprint density at radius 1 is 0.957 bits per heavy atom. The highest BCUT2D eigenvalue weighted by Crippen LogP contribution is 2.49. The van der Waals surface area contributed by atoms with E-state index in [0.29, 0.717) is 59.4 Å². The molecule has 1 saturated carbocycles. The summed E-state index contributed by atoms with van der Waals surface area (Å²) in [6.07, 6.45) is 3.86. The highest BCUT2D eigenvalue weighted by Gasteiger charge is 2.54. The van der Waals surface area contributed by atoms with Crippen LogP contribution in [0.2, 0.25) is 0 Å². The molecule has 4 aromatic rings. The van der Waals surface area contributed by atoms with Crippen LogP contribution in [-0.4, -0.2) is 73.0 Å². The molecule has 10 heteroatoms. The van der Waals surface area contributed by atoms with E-state index in [1.165, 1.54) is 12.1 Å². The van der Waals surface area contributed by atoms with Crippen molar-refractivity contribution in [1.82, 2.24) is 14.9 Å². The van der Waals surface area contributed by atoms with Gasteiger partial charge < -0.3 is 18.9 Å². The lowest BCUT2D eigenvalue weighted by molar-refractivity contribution is -0.133. The van der Waals surface area contributed by atoms with Crippen LogP contribution in [0.15, 0.2) is 60.8 Å². The summed E-state index contributed by atoms with van der Waals surface area (Å²) in [6, 6.07) is 14.9. The Morgan fingerprint density at radius 2 is 1.72 bits per heavy atom. The second-order valence-electron chi connectivity index (χ2n) is 11.9. The zero-order valence-electron chi connectivity index (χ0n) is 26.2. The van der Waals surface area contributed by atoms with Crippen LogP contribution < -0.4 is 14.2 Å². The Kier molecular flexibility index (Phi) is 9.56. The quantitative estimate of drug-likeness (QED) is 0.129. The number of Topliss-reactive ketones (excluding diaryl/α,β-unsaturated/α-hetero) is 2. The number of methoxy groups -OCH3 is 1. The molecule has 0 unspecified atom stereocenters. The van der Waals surface area contributed by atoms with Gasteiger partial charge in [-0.3, -0.25) is 19.5 Å². The van der Waals surface area contributed by atoms with Gasteiger partial charge in [-0.15, -0.1) is 0 Å². The number of hydrogen-bond donors (Lipinski definition) is 0. The minimum atomic E-state index is -0.962. The summed E-state index contributed by atoms with van der Waals surface area (Å²) in [6.45, 7) is 6.77. The van der Waals surface area contributed by atoms with Crippen molar-refractivity contribution in [3.05, 3.63) is 83.4 Å². The van der Waals surface area contributed by atoms with Gasteiger partial charge in [0.1, 0.15) is 11.6 Å². The molecule has 2 aliphatic rings. The van der Waals surface area contributed by atoms with E-state index in [1.54, 1.807) is 37.6 Å².